The van der Waals surface area contributed by atoms with Gasteiger partial charge in [0.05, 0.1) is 21.1 Å². The van der Waals surface area contributed by atoms with Crippen molar-refractivity contribution < 1.29 is 9.53 Å². The molecular weight excluding hydrogens is 425 g/mol. The van der Waals surface area contributed by atoms with Crippen LogP contribution in [0.5, 0.6) is 0 Å². The number of hydrogen-bond donors (Lipinski definition) is 1. The molecule has 9 heteroatoms. The summed E-state index contributed by atoms with van der Waals surface area (Å²) in [6, 6.07) is 7.41. The third-order valence-corrected chi connectivity index (χ3v) is 5.52. The highest BCUT2D eigenvalue weighted by Crippen LogP contribution is 2.29. The van der Waals surface area contributed by atoms with Crippen LogP contribution in [-0.4, -0.2) is 57.7 Å². The molecule has 7 nitrogen and oxygen atoms in total. The molecule has 0 atom stereocenters. The number of rotatable bonds is 2. The van der Waals surface area contributed by atoms with Gasteiger partial charge in [-0.05, 0) is 45.0 Å². The van der Waals surface area contributed by atoms with E-state index in [1.807, 2.05) is 32.9 Å². The summed E-state index contributed by atoms with van der Waals surface area (Å²) in [6.45, 7) is 8.15. The van der Waals surface area contributed by atoms with Crippen LogP contribution in [-0.2, 0) is 4.74 Å². The molecule has 1 saturated heterocycles. The van der Waals surface area contributed by atoms with E-state index in [-0.39, 0.29) is 6.09 Å². The summed E-state index contributed by atoms with van der Waals surface area (Å²) < 4.78 is 5.46. The number of aromatic amines is 1. The lowest BCUT2D eigenvalue weighted by Gasteiger charge is -2.36. The summed E-state index contributed by atoms with van der Waals surface area (Å²) in [5.41, 5.74) is 2.00. The summed E-state index contributed by atoms with van der Waals surface area (Å²) in [7, 11) is 0. The number of piperazine rings is 1. The van der Waals surface area contributed by atoms with E-state index in [1.54, 1.807) is 23.2 Å². The van der Waals surface area contributed by atoms with E-state index in [9.17, 15) is 4.79 Å². The number of halogens is 2. The molecule has 1 N–H and O–H groups in total. The summed E-state index contributed by atoms with van der Waals surface area (Å²) in [4.78, 5) is 28.6. The lowest BCUT2D eigenvalue weighted by molar-refractivity contribution is 0.0240. The van der Waals surface area contributed by atoms with Crippen molar-refractivity contribution in [1.29, 1.82) is 0 Å². The summed E-state index contributed by atoms with van der Waals surface area (Å²) in [6.07, 6.45) is 1.49. The van der Waals surface area contributed by atoms with Gasteiger partial charge in [-0.15, -0.1) is 0 Å². The van der Waals surface area contributed by atoms with Gasteiger partial charge in [0.25, 0.3) is 0 Å². The molecule has 1 aliphatic heterocycles. The predicted octanol–water partition coefficient (Wildman–Crippen LogP) is 4.99. The van der Waals surface area contributed by atoms with Crippen molar-refractivity contribution in [3.63, 3.8) is 0 Å². The van der Waals surface area contributed by atoms with Gasteiger partial charge in [0, 0.05) is 37.9 Å². The zero-order valence-electron chi connectivity index (χ0n) is 17.1. The van der Waals surface area contributed by atoms with Crippen molar-refractivity contribution >= 4 is 46.1 Å². The van der Waals surface area contributed by atoms with Crippen LogP contribution >= 0.6 is 23.2 Å². The summed E-state index contributed by atoms with van der Waals surface area (Å²) >= 11 is 12.2. The van der Waals surface area contributed by atoms with Crippen molar-refractivity contribution in [2.75, 3.05) is 31.1 Å². The van der Waals surface area contributed by atoms with Crippen molar-refractivity contribution in [3.8, 4) is 11.4 Å². The van der Waals surface area contributed by atoms with Crippen LogP contribution < -0.4 is 4.90 Å². The Kier molecular flexibility index (Phi) is 5.51. The molecule has 3 aromatic rings. The van der Waals surface area contributed by atoms with Gasteiger partial charge in [-0.1, -0.05) is 23.2 Å². The van der Waals surface area contributed by atoms with Crippen LogP contribution in [0.2, 0.25) is 10.0 Å². The molecule has 158 valence electrons. The number of carbonyl (C=O) groups is 1. The molecule has 1 aliphatic rings. The minimum absolute atomic E-state index is 0.275. The van der Waals surface area contributed by atoms with Gasteiger partial charge in [-0.3, -0.25) is 0 Å². The van der Waals surface area contributed by atoms with Gasteiger partial charge < -0.3 is 19.5 Å². The number of amides is 1. The molecule has 0 saturated carbocycles. The van der Waals surface area contributed by atoms with Gasteiger partial charge in [0.1, 0.15) is 17.2 Å². The quantitative estimate of drug-likeness (QED) is 0.598. The van der Waals surface area contributed by atoms with E-state index in [1.165, 1.54) is 0 Å². The molecule has 1 aromatic carbocycles. The number of hydrogen-bond acceptors (Lipinski definition) is 5. The minimum atomic E-state index is -0.495. The molecule has 1 fully saturated rings. The second-order valence-electron chi connectivity index (χ2n) is 8.23. The van der Waals surface area contributed by atoms with E-state index in [0.717, 1.165) is 28.2 Å². The molecule has 1 amide bonds. The minimum Gasteiger partial charge on any atom is -0.444 e. The number of carbonyl (C=O) groups excluding carboxylic acids is 1. The van der Waals surface area contributed by atoms with Crippen molar-refractivity contribution in [2.24, 2.45) is 0 Å². The van der Waals surface area contributed by atoms with Gasteiger partial charge in [-0.25, -0.2) is 14.8 Å². The monoisotopic (exact) mass is 447 g/mol. The van der Waals surface area contributed by atoms with Crippen molar-refractivity contribution in [2.45, 2.75) is 26.4 Å². The molecule has 0 bridgehead atoms. The first-order chi connectivity index (χ1) is 14.2. The van der Waals surface area contributed by atoms with Gasteiger partial charge in [0.2, 0.25) is 0 Å². The first-order valence-corrected chi connectivity index (χ1v) is 10.5. The van der Waals surface area contributed by atoms with Crippen LogP contribution in [0.3, 0.4) is 0 Å². The average Bonchev–Trinajstić information content (AvgIpc) is 3.10. The highest BCUT2D eigenvalue weighted by Gasteiger charge is 2.26. The Morgan fingerprint density at radius 2 is 1.80 bits per heavy atom. The largest absolute Gasteiger partial charge is 0.444 e. The molecule has 3 heterocycles. The molecule has 0 aliphatic carbocycles. The fraction of sp³-hybridized carbons (Fsp3) is 0.381. The Morgan fingerprint density at radius 1 is 1.10 bits per heavy atom. The van der Waals surface area contributed by atoms with Crippen molar-refractivity contribution in [1.82, 2.24) is 19.9 Å². The number of anilines is 1. The Morgan fingerprint density at radius 3 is 2.50 bits per heavy atom. The zero-order valence-corrected chi connectivity index (χ0v) is 18.6. The first kappa shape index (κ1) is 20.8. The maximum Gasteiger partial charge on any atom is 0.410 e. The molecular formula is C21H23Cl2N5O2. The highest BCUT2D eigenvalue weighted by molar-refractivity contribution is 6.42. The number of nitrogens with zero attached hydrogens (tertiary/aromatic N) is 4. The number of H-pyrrole nitrogens is 1. The van der Waals surface area contributed by atoms with Gasteiger partial charge >= 0.3 is 6.09 Å². The van der Waals surface area contributed by atoms with Gasteiger partial charge in [0.15, 0.2) is 0 Å². The smallest absolute Gasteiger partial charge is 0.410 e. The maximum absolute atomic E-state index is 12.3. The van der Waals surface area contributed by atoms with Gasteiger partial charge in [-0.2, -0.15) is 0 Å². The SMILES string of the molecule is CC(C)(C)OC(=O)N1CCN(c2cc(-c3nc4cc(Cl)c(Cl)cc4[nH]3)ccn2)CC1. The normalized spacial score (nSPS) is 15.0. The highest BCUT2D eigenvalue weighted by atomic mass is 35.5. The van der Waals surface area contributed by atoms with Crippen LogP contribution in [0.1, 0.15) is 20.8 Å². The molecule has 0 unspecified atom stereocenters. The number of pyridine rings is 1. The summed E-state index contributed by atoms with van der Waals surface area (Å²) in [5, 5.41) is 0.957. The predicted molar refractivity (Wildman–Crippen MR) is 119 cm³/mol. The lowest BCUT2D eigenvalue weighted by atomic mass is 10.2. The third-order valence-electron chi connectivity index (χ3n) is 4.80. The van der Waals surface area contributed by atoms with E-state index in [0.29, 0.717) is 36.2 Å². The van der Waals surface area contributed by atoms with Crippen molar-refractivity contribution in [3.05, 3.63) is 40.5 Å². The Labute approximate surface area is 184 Å². The number of aromatic nitrogens is 3. The van der Waals surface area contributed by atoms with E-state index in [2.05, 4.69) is 19.9 Å². The lowest BCUT2D eigenvalue weighted by Crippen LogP contribution is -2.50. The fourth-order valence-corrected chi connectivity index (χ4v) is 3.65. The fourth-order valence-electron chi connectivity index (χ4n) is 3.32. The molecule has 4 rings (SSSR count). The summed E-state index contributed by atoms with van der Waals surface area (Å²) in [5.74, 6) is 1.56. The maximum atomic E-state index is 12.3. The Hall–Kier alpha value is -2.51. The number of ether oxygens (including phenoxy) is 1. The standard InChI is InChI=1S/C21H23Cl2N5O2/c1-21(2,3)30-20(29)28-8-6-27(7-9-28)18-10-13(4-5-24-18)19-25-16-11-14(22)15(23)12-17(16)26-19/h4-5,10-12H,6-9H2,1-3H3,(H,25,26). The van der Waals surface area contributed by atoms with E-state index in [4.69, 9.17) is 27.9 Å². The average molecular weight is 448 g/mol. The number of benzene rings is 1. The number of imidazole rings is 1. The van der Waals surface area contributed by atoms with Crippen LogP contribution in [0.15, 0.2) is 30.5 Å². The molecule has 0 radical (unpaired) electrons. The number of fused-ring (bicyclic) bond motifs is 1. The second-order valence-corrected chi connectivity index (χ2v) is 9.04. The van der Waals surface area contributed by atoms with Crippen LogP contribution in [0.25, 0.3) is 22.4 Å². The Balaban J connectivity index is 1.49. The van der Waals surface area contributed by atoms with Crippen LogP contribution in [0.4, 0.5) is 10.6 Å². The molecule has 30 heavy (non-hydrogen) atoms. The molecule has 0 spiro atoms. The number of nitrogens with one attached hydrogen (secondary N) is 1. The van der Waals surface area contributed by atoms with E-state index < -0.39 is 5.60 Å². The third kappa shape index (κ3) is 4.47. The second kappa shape index (κ2) is 7.96. The van der Waals surface area contributed by atoms with E-state index >= 15 is 0 Å². The van der Waals surface area contributed by atoms with Crippen LogP contribution in [0, 0.1) is 0 Å². The zero-order chi connectivity index (χ0) is 21.5. The topological polar surface area (TPSA) is 74.3 Å². The Bertz CT molecular complexity index is 1050. The molecule has 2 aromatic heterocycles. The first-order valence-electron chi connectivity index (χ1n) is 9.74.